The van der Waals surface area contributed by atoms with Gasteiger partial charge in [0.1, 0.15) is 0 Å². The number of amides is 1. The quantitative estimate of drug-likeness (QED) is 0.865. The molecule has 1 saturated carbocycles. The molecule has 0 aliphatic heterocycles. The molecule has 1 aliphatic carbocycles. The first-order chi connectivity index (χ1) is 10.3. The minimum Gasteiger partial charge on any atom is -0.330 e. The van der Waals surface area contributed by atoms with Gasteiger partial charge in [-0.1, -0.05) is 18.6 Å². The Balaban J connectivity index is 2.16. The molecule has 0 saturated heterocycles. The van der Waals surface area contributed by atoms with Crippen LogP contribution >= 0.6 is 0 Å². The molecule has 0 unspecified atom stereocenters. The Bertz CT molecular complexity index is 655. The fourth-order valence-electron chi connectivity index (χ4n) is 3.15. The molecular weight excluding hydrogens is 300 g/mol. The van der Waals surface area contributed by atoms with Crippen LogP contribution in [0, 0.1) is 18.8 Å². The maximum Gasteiger partial charge on any atom is 0.227 e. The molecule has 1 fully saturated rings. The molecule has 2 atom stereocenters. The van der Waals surface area contributed by atoms with E-state index >= 15 is 0 Å². The van der Waals surface area contributed by atoms with Gasteiger partial charge in [-0.3, -0.25) is 4.79 Å². The number of hydrogen-bond acceptors (Lipinski definition) is 4. The first-order valence-electron chi connectivity index (χ1n) is 7.59. The highest BCUT2D eigenvalue weighted by atomic mass is 32.2. The van der Waals surface area contributed by atoms with Crippen LogP contribution in [0.3, 0.4) is 0 Å². The zero-order valence-electron chi connectivity index (χ0n) is 13.1. The van der Waals surface area contributed by atoms with Gasteiger partial charge in [-0.15, -0.1) is 0 Å². The highest BCUT2D eigenvalue weighted by molar-refractivity contribution is 7.89. The van der Waals surface area contributed by atoms with E-state index in [0.29, 0.717) is 12.2 Å². The summed E-state index contributed by atoms with van der Waals surface area (Å²) in [6, 6.07) is 5.37. The molecule has 2 rings (SSSR count). The van der Waals surface area contributed by atoms with E-state index < -0.39 is 9.84 Å². The van der Waals surface area contributed by atoms with Gasteiger partial charge in [-0.25, -0.2) is 8.42 Å². The number of carbonyl (C=O) groups is 1. The third kappa shape index (κ3) is 4.08. The van der Waals surface area contributed by atoms with Crippen molar-refractivity contribution in [2.24, 2.45) is 17.6 Å². The van der Waals surface area contributed by atoms with Gasteiger partial charge in [0.2, 0.25) is 5.91 Å². The van der Waals surface area contributed by atoms with Crippen molar-refractivity contribution in [3.8, 4) is 0 Å². The summed E-state index contributed by atoms with van der Waals surface area (Å²) in [4.78, 5) is 12.4. The number of carbonyl (C=O) groups excluding carboxylic acids is 1. The fourth-order valence-corrected chi connectivity index (χ4v) is 4.02. The first-order valence-corrected chi connectivity index (χ1v) is 9.65. The van der Waals surface area contributed by atoms with Gasteiger partial charge in [-0.05, 0) is 49.4 Å². The van der Waals surface area contributed by atoms with Crippen molar-refractivity contribution in [2.45, 2.75) is 31.9 Å². The van der Waals surface area contributed by atoms with Crippen LogP contribution in [0.4, 0.5) is 5.69 Å². The summed E-state index contributed by atoms with van der Waals surface area (Å²) in [6.45, 7) is 2.37. The van der Waals surface area contributed by atoms with Crippen LogP contribution in [-0.2, 0) is 20.4 Å². The molecule has 6 heteroatoms. The highest BCUT2D eigenvalue weighted by Crippen LogP contribution is 2.32. The molecule has 0 bridgehead atoms. The molecule has 0 heterocycles. The molecule has 0 radical (unpaired) electrons. The summed E-state index contributed by atoms with van der Waals surface area (Å²) < 4.78 is 23.0. The molecule has 1 amide bonds. The van der Waals surface area contributed by atoms with E-state index in [1.165, 1.54) is 6.26 Å². The van der Waals surface area contributed by atoms with E-state index in [0.717, 1.165) is 30.4 Å². The lowest BCUT2D eigenvalue weighted by atomic mass is 9.95. The fraction of sp³-hybridized carbons (Fsp3) is 0.562. The van der Waals surface area contributed by atoms with E-state index in [9.17, 15) is 13.2 Å². The van der Waals surface area contributed by atoms with Crippen molar-refractivity contribution in [3.05, 3.63) is 29.3 Å². The lowest BCUT2D eigenvalue weighted by Gasteiger charge is -2.19. The van der Waals surface area contributed by atoms with Crippen LogP contribution in [0.25, 0.3) is 0 Å². The molecule has 0 spiro atoms. The Morgan fingerprint density at radius 2 is 2.09 bits per heavy atom. The maximum absolute atomic E-state index is 12.4. The lowest BCUT2D eigenvalue weighted by Crippen LogP contribution is -2.30. The third-order valence-electron chi connectivity index (χ3n) is 4.42. The van der Waals surface area contributed by atoms with E-state index in [4.69, 9.17) is 5.73 Å². The molecule has 1 aliphatic rings. The number of sulfone groups is 1. The summed E-state index contributed by atoms with van der Waals surface area (Å²) in [5, 5.41) is 2.95. The number of rotatable bonds is 5. The summed E-state index contributed by atoms with van der Waals surface area (Å²) in [5.41, 5.74) is 7.95. The molecular formula is C16H24N2O3S. The topological polar surface area (TPSA) is 89.3 Å². The predicted molar refractivity (Wildman–Crippen MR) is 88.2 cm³/mol. The van der Waals surface area contributed by atoms with Gasteiger partial charge in [0.05, 0.1) is 5.75 Å². The summed E-state index contributed by atoms with van der Waals surface area (Å²) >= 11 is 0. The average Bonchev–Trinajstić information content (AvgIpc) is 2.90. The number of nitrogens with one attached hydrogen (secondary N) is 1. The Morgan fingerprint density at radius 1 is 1.36 bits per heavy atom. The van der Waals surface area contributed by atoms with Crippen molar-refractivity contribution in [3.63, 3.8) is 0 Å². The second kappa shape index (κ2) is 6.79. The van der Waals surface area contributed by atoms with E-state index in [2.05, 4.69) is 5.32 Å². The van der Waals surface area contributed by atoms with Crippen LogP contribution in [0.5, 0.6) is 0 Å². The number of anilines is 1. The molecule has 3 N–H and O–H groups in total. The largest absolute Gasteiger partial charge is 0.330 e. The van der Waals surface area contributed by atoms with Crippen molar-refractivity contribution in [1.29, 1.82) is 0 Å². The molecule has 5 nitrogen and oxygen atoms in total. The molecule has 1 aromatic rings. The van der Waals surface area contributed by atoms with Crippen LogP contribution in [0.15, 0.2) is 18.2 Å². The van der Waals surface area contributed by atoms with Gasteiger partial charge in [0.25, 0.3) is 0 Å². The Labute approximate surface area is 132 Å². The van der Waals surface area contributed by atoms with E-state index in [-0.39, 0.29) is 23.5 Å². The van der Waals surface area contributed by atoms with Crippen molar-refractivity contribution >= 4 is 21.4 Å². The Hall–Kier alpha value is -1.40. The summed E-state index contributed by atoms with van der Waals surface area (Å²) in [5.74, 6) is 0.187. The monoisotopic (exact) mass is 324 g/mol. The second-order valence-electron chi connectivity index (χ2n) is 6.18. The number of hydrogen-bond donors (Lipinski definition) is 2. The molecule has 0 aromatic heterocycles. The minimum atomic E-state index is -3.10. The van der Waals surface area contributed by atoms with Gasteiger partial charge in [0.15, 0.2) is 9.84 Å². The smallest absolute Gasteiger partial charge is 0.227 e. The predicted octanol–water partition coefficient (Wildman–Crippen LogP) is 1.85. The van der Waals surface area contributed by atoms with Crippen LogP contribution < -0.4 is 11.1 Å². The second-order valence-corrected chi connectivity index (χ2v) is 8.32. The van der Waals surface area contributed by atoms with Gasteiger partial charge < -0.3 is 11.1 Å². The lowest BCUT2D eigenvalue weighted by molar-refractivity contribution is -0.120. The average molecular weight is 324 g/mol. The van der Waals surface area contributed by atoms with Crippen molar-refractivity contribution < 1.29 is 13.2 Å². The first kappa shape index (κ1) is 17.0. The minimum absolute atomic E-state index is 0.00689. The normalized spacial score (nSPS) is 21.8. The number of nitrogens with two attached hydrogens (primary N) is 1. The summed E-state index contributed by atoms with van der Waals surface area (Å²) in [7, 11) is -3.10. The zero-order valence-corrected chi connectivity index (χ0v) is 13.9. The van der Waals surface area contributed by atoms with E-state index in [1.807, 2.05) is 13.0 Å². The third-order valence-corrected chi connectivity index (χ3v) is 5.26. The Morgan fingerprint density at radius 3 is 2.73 bits per heavy atom. The van der Waals surface area contributed by atoms with Crippen LogP contribution in [0.2, 0.25) is 0 Å². The summed E-state index contributed by atoms with van der Waals surface area (Å²) in [6.07, 6.45) is 4.12. The number of benzene rings is 1. The van der Waals surface area contributed by atoms with Crippen molar-refractivity contribution in [1.82, 2.24) is 0 Å². The molecule has 122 valence electrons. The van der Waals surface area contributed by atoms with Gasteiger partial charge in [0, 0.05) is 17.9 Å². The molecule has 1 aromatic carbocycles. The van der Waals surface area contributed by atoms with Crippen LogP contribution in [0.1, 0.15) is 30.4 Å². The zero-order chi connectivity index (χ0) is 16.3. The van der Waals surface area contributed by atoms with Crippen molar-refractivity contribution in [2.75, 3.05) is 18.1 Å². The molecule has 22 heavy (non-hydrogen) atoms. The Kier molecular flexibility index (Phi) is 5.24. The van der Waals surface area contributed by atoms with Gasteiger partial charge in [-0.2, -0.15) is 0 Å². The maximum atomic E-state index is 12.4. The SMILES string of the molecule is Cc1c(CS(C)(=O)=O)cccc1NC(=O)[C@@H]1CCC[C@@H]1CN. The van der Waals surface area contributed by atoms with Crippen LogP contribution in [-0.4, -0.2) is 27.1 Å². The standard InChI is InChI=1S/C16H24N2O3S/c1-11-13(10-22(2,20)21)6-4-8-15(11)18-16(19)14-7-3-5-12(14)9-17/h4,6,8,12,14H,3,5,7,9-10,17H2,1-2H3,(H,18,19)/t12-,14-/m1/s1. The highest BCUT2D eigenvalue weighted by Gasteiger charge is 2.32. The van der Waals surface area contributed by atoms with E-state index in [1.54, 1.807) is 12.1 Å². The van der Waals surface area contributed by atoms with Gasteiger partial charge >= 0.3 is 0 Å².